The van der Waals surface area contributed by atoms with Crippen molar-refractivity contribution < 1.29 is 9.53 Å². The fourth-order valence-electron chi connectivity index (χ4n) is 2.50. The molecule has 0 saturated carbocycles. The van der Waals surface area contributed by atoms with Crippen molar-refractivity contribution in [3.63, 3.8) is 0 Å². The molecule has 2 aromatic rings. The number of ether oxygens (including phenoxy) is 1. The maximum Gasteiger partial charge on any atom is 0.410 e. The summed E-state index contributed by atoms with van der Waals surface area (Å²) < 4.78 is 6.39. The van der Waals surface area contributed by atoms with E-state index in [0.29, 0.717) is 13.1 Å². The third-order valence-electron chi connectivity index (χ3n) is 3.46. The number of hydrogen-bond acceptors (Lipinski definition) is 6. The zero-order valence-corrected chi connectivity index (χ0v) is 14.9. The number of hydrogen-bond donors (Lipinski definition) is 1. The van der Waals surface area contributed by atoms with E-state index in [1.165, 1.54) is 0 Å². The van der Waals surface area contributed by atoms with Crippen molar-refractivity contribution in [3.8, 4) is 0 Å². The van der Waals surface area contributed by atoms with Gasteiger partial charge in [0.2, 0.25) is 5.28 Å². The summed E-state index contributed by atoms with van der Waals surface area (Å²) in [5.74, 6) is 0.728. The van der Waals surface area contributed by atoms with Gasteiger partial charge in [-0.05, 0) is 50.2 Å². The third kappa shape index (κ3) is 3.84. The van der Waals surface area contributed by atoms with Crippen LogP contribution in [0.3, 0.4) is 0 Å². The van der Waals surface area contributed by atoms with Crippen LogP contribution in [0.5, 0.6) is 0 Å². The second-order valence-electron chi connectivity index (χ2n) is 6.53. The van der Waals surface area contributed by atoms with E-state index in [-0.39, 0.29) is 17.4 Å². The first-order valence-electron chi connectivity index (χ1n) is 7.47. The molecule has 1 aliphatic heterocycles. The minimum absolute atomic E-state index is 0.124. The fraction of sp³-hybridized carbons (Fsp3) is 0.533. The summed E-state index contributed by atoms with van der Waals surface area (Å²) >= 11 is 7.55. The number of aromatic nitrogens is 2. The van der Waals surface area contributed by atoms with Gasteiger partial charge < -0.3 is 15.0 Å². The van der Waals surface area contributed by atoms with Crippen molar-refractivity contribution in [1.29, 1.82) is 0 Å². The van der Waals surface area contributed by atoms with E-state index in [1.54, 1.807) is 16.2 Å². The van der Waals surface area contributed by atoms with Crippen molar-refractivity contribution >= 4 is 45.1 Å². The first-order valence-corrected chi connectivity index (χ1v) is 8.73. The molecule has 3 rings (SSSR count). The van der Waals surface area contributed by atoms with Gasteiger partial charge in [-0.25, -0.2) is 9.78 Å². The van der Waals surface area contributed by atoms with Gasteiger partial charge in [-0.15, -0.1) is 11.3 Å². The predicted molar refractivity (Wildman–Crippen MR) is 92.3 cm³/mol. The summed E-state index contributed by atoms with van der Waals surface area (Å²) in [6.07, 6.45) is 0.567. The molecule has 0 aromatic carbocycles. The minimum Gasteiger partial charge on any atom is -0.444 e. The summed E-state index contributed by atoms with van der Waals surface area (Å²) in [5, 5.41) is 5.57. The largest absolute Gasteiger partial charge is 0.444 e. The molecule has 1 aliphatic rings. The van der Waals surface area contributed by atoms with Gasteiger partial charge in [0.15, 0.2) is 0 Å². The van der Waals surface area contributed by atoms with E-state index in [4.69, 9.17) is 16.3 Å². The topological polar surface area (TPSA) is 67.3 Å². The van der Waals surface area contributed by atoms with Gasteiger partial charge in [0.05, 0.1) is 10.2 Å². The number of halogens is 1. The van der Waals surface area contributed by atoms with Crippen LogP contribution in [0.2, 0.25) is 5.28 Å². The molecular weight excluding hydrogens is 336 g/mol. The molecule has 0 unspecified atom stereocenters. The van der Waals surface area contributed by atoms with E-state index in [9.17, 15) is 4.79 Å². The Morgan fingerprint density at radius 1 is 1.48 bits per heavy atom. The van der Waals surface area contributed by atoms with Gasteiger partial charge in [-0.2, -0.15) is 4.98 Å². The molecule has 8 heteroatoms. The smallest absolute Gasteiger partial charge is 0.410 e. The summed E-state index contributed by atoms with van der Waals surface area (Å²) in [7, 11) is 0. The van der Waals surface area contributed by atoms with E-state index in [1.807, 2.05) is 32.2 Å². The van der Waals surface area contributed by atoms with Crippen LogP contribution in [0, 0.1) is 0 Å². The van der Waals surface area contributed by atoms with Gasteiger partial charge >= 0.3 is 6.09 Å². The van der Waals surface area contributed by atoms with Crippen LogP contribution in [-0.2, 0) is 4.74 Å². The maximum absolute atomic E-state index is 12.1. The Kier molecular flexibility index (Phi) is 4.33. The highest BCUT2D eigenvalue weighted by molar-refractivity contribution is 7.17. The summed E-state index contributed by atoms with van der Waals surface area (Å²) in [5.41, 5.74) is 0.353. The molecule has 1 amide bonds. The third-order valence-corrected chi connectivity index (χ3v) is 4.54. The van der Waals surface area contributed by atoms with E-state index in [0.717, 1.165) is 22.5 Å². The van der Waals surface area contributed by atoms with Crippen LogP contribution in [0.15, 0.2) is 11.4 Å². The Bertz CT molecular complexity index is 728. The number of rotatable bonds is 2. The van der Waals surface area contributed by atoms with Crippen LogP contribution >= 0.6 is 22.9 Å². The highest BCUT2D eigenvalue weighted by atomic mass is 35.5. The van der Waals surface area contributed by atoms with Gasteiger partial charge in [0.1, 0.15) is 11.4 Å². The summed E-state index contributed by atoms with van der Waals surface area (Å²) in [4.78, 5) is 22.3. The monoisotopic (exact) mass is 354 g/mol. The Hall–Kier alpha value is -1.60. The minimum atomic E-state index is -0.480. The van der Waals surface area contributed by atoms with Crippen molar-refractivity contribution in [3.05, 3.63) is 16.7 Å². The van der Waals surface area contributed by atoms with Crippen molar-refractivity contribution in [2.24, 2.45) is 0 Å². The van der Waals surface area contributed by atoms with Crippen molar-refractivity contribution in [2.45, 2.75) is 38.8 Å². The highest BCUT2D eigenvalue weighted by Gasteiger charge is 2.30. The molecular formula is C15H19ClN4O2S. The lowest BCUT2D eigenvalue weighted by molar-refractivity contribution is 0.0293. The number of anilines is 1. The average molecular weight is 355 g/mol. The number of carbonyl (C=O) groups is 1. The molecule has 1 saturated heterocycles. The van der Waals surface area contributed by atoms with Gasteiger partial charge in [-0.1, -0.05) is 0 Å². The second kappa shape index (κ2) is 6.13. The van der Waals surface area contributed by atoms with Crippen molar-refractivity contribution in [2.75, 3.05) is 18.4 Å². The van der Waals surface area contributed by atoms with Gasteiger partial charge in [0.25, 0.3) is 0 Å². The zero-order chi connectivity index (χ0) is 16.6. The molecule has 0 radical (unpaired) electrons. The van der Waals surface area contributed by atoms with Crippen LogP contribution in [0.25, 0.3) is 10.2 Å². The molecule has 124 valence electrons. The molecule has 0 spiro atoms. The standard InChI is InChI=1S/C15H19ClN4O2S/c1-15(2,3)22-14(21)20-6-4-9(8-20)17-12-11-10(5-7-23-11)18-13(16)19-12/h5,7,9H,4,6,8H2,1-3H3,(H,17,18,19)/t9-/m1/s1. The van der Waals surface area contributed by atoms with Gasteiger partial charge in [0, 0.05) is 19.1 Å². The molecule has 1 atom stereocenters. The van der Waals surface area contributed by atoms with Gasteiger partial charge in [-0.3, -0.25) is 0 Å². The molecule has 1 N–H and O–H groups in total. The lowest BCUT2D eigenvalue weighted by atomic mass is 10.2. The predicted octanol–water partition coefficient (Wildman–Crippen LogP) is 3.77. The Balaban J connectivity index is 1.68. The molecule has 2 aromatic heterocycles. The Labute approximate surface area is 143 Å². The molecule has 3 heterocycles. The van der Waals surface area contributed by atoms with E-state index >= 15 is 0 Å². The van der Waals surface area contributed by atoms with Crippen LogP contribution in [0.4, 0.5) is 10.6 Å². The number of amides is 1. The Morgan fingerprint density at radius 3 is 3.00 bits per heavy atom. The lowest BCUT2D eigenvalue weighted by Crippen LogP contribution is -2.36. The second-order valence-corrected chi connectivity index (χ2v) is 7.79. The maximum atomic E-state index is 12.1. The molecule has 0 bridgehead atoms. The van der Waals surface area contributed by atoms with Crippen LogP contribution in [0.1, 0.15) is 27.2 Å². The van der Waals surface area contributed by atoms with Crippen molar-refractivity contribution in [1.82, 2.24) is 14.9 Å². The number of nitrogens with one attached hydrogen (secondary N) is 1. The molecule has 23 heavy (non-hydrogen) atoms. The first-order chi connectivity index (χ1) is 10.8. The van der Waals surface area contributed by atoms with E-state index < -0.39 is 5.60 Å². The lowest BCUT2D eigenvalue weighted by Gasteiger charge is -2.24. The number of carbonyl (C=O) groups excluding carboxylic acids is 1. The number of thiophene rings is 1. The Morgan fingerprint density at radius 2 is 2.26 bits per heavy atom. The number of likely N-dealkylation sites (tertiary alicyclic amines) is 1. The zero-order valence-electron chi connectivity index (χ0n) is 13.3. The van der Waals surface area contributed by atoms with Crippen LogP contribution < -0.4 is 5.32 Å². The molecule has 6 nitrogen and oxygen atoms in total. The highest BCUT2D eigenvalue weighted by Crippen LogP contribution is 2.29. The average Bonchev–Trinajstić information content (AvgIpc) is 3.05. The number of fused-ring (bicyclic) bond motifs is 1. The van der Waals surface area contributed by atoms with Crippen LogP contribution in [-0.4, -0.2) is 45.7 Å². The fourth-order valence-corrected chi connectivity index (χ4v) is 3.46. The molecule has 1 fully saturated rings. The normalized spacial score (nSPS) is 18.4. The first kappa shape index (κ1) is 16.3. The molecule has 0 aliphatic carbocycles. The van der Waals surface area contributed by atoms with E-state index in [2.05, 4.69) is 15.3 Å². The number of nitrogens with zero attached hydrogens (tertiary/aromatic N) is 3. The summed E-state index contributed by atoms with van der Waals surface area (Å²) in [6, 6.07) is 2.04. The SMILES string of the molecule is CC(C)(C)OC(=O)N1CC[C@@H](Nc2nc(Cl)nc3ccsc23)C1. The summed E-state index contributed by atoms with van der Waals surface area (Å²) in [6.45, 7) is 6.86. The quantitative estimate of drug-likeness (QED) is 0.831.